The Labute approximate surface area is 161 Å². The number of aromatic amines is 1. The number of hydrogen-bond donors (Lipinski definition) is 3. The molecule has 4 rings (SSSR count). The van der Waals surface area contributed by atoms with Gasteiger partial charge in [0.05, 0.1) is 12.1 Å². The van der Waals surface area contributed by atoms with Crippen LogP contribution < -0.4 is 5.32 Å². The quantitative estimate of drug-likeness (QED) is 0.529. The van der Waals surface area contributed by atoms with E-state index in [4.69, 9.17) is 0 Å². The maximum Gasteiger partial charge on any atom is 0.0702 e. The molecule has 3 heteroatoms. The second kappa shape index (κ2) is 8.55. The maximum atomic E-state index is 9.48. The topological polar surface area (TPSA) is 48.0 Å². The van der Waals surface area contributed by atoms with Gasteiger partial charge in [-0.1, -0.05) is 61.0 Å². The summed E-state index contributed by atoms with van der Waals surface area (Å²) in [5.74, 6) is 0. The molecule has 0 radical (unpaired) electrons. The van der Waals surface area contributed by atoms with Crippen LogP contribution in [0.25, 0.3) is 16.5 Å². The zero-order valence-electron chi connectivity index (χ0n) is 15.7. The minimum atomic E-state index is 0.0852. The fourth-order valence-electron chi connectivity index (χ4n) is 4.18. The zero-order chi connectivity index (χ0) is 18.5. The predicted octanol–water partition coefficient (Wildman–Crippen LogP) is 4.82. The molecular formula is C24H28N2O. The Morgan fingerprint density at radius 3 is 2.70 bits per heavy atom. The van der Waals surface area contributed by atoms with Crippen molar-refractivity contribution in [1.29, 1.82) is 0 Å². The number of nitrogens with one attached hydrogen (secondary N) is 2. The molecule has 0 amide bonds. The minimum Gasteiger partial charge on any atom is -0.392 e. The van der Waals surface area contributed by atoms with Gasteiger partial charge < -0.3 is 15.4 Å². The number of aliphatic hydroxyl groups is 1. The van der Waals surface area contributed by atoms with Crippen molar-refractivity contribution in [3.63, 3.8) is 0 Å². The fraction of sp³-hybridized carbons (Fsp3) is 0.333. The van der Waals surface area contributed by atoms with E-state index in [1.807, 2.05) is 12.1 Å². The molecule has 0 aliphatic carbocycles. The minimum absolute atomic E-state index is 0.0852. The van der Waals surface area contributed by atoms with Crippen molar-refractivity contribution in [2.75, 3.05) is 6.54 Å². The number of para-hydroxylation sites is 1. The average Bonchev–Trinajstić information content (AvgIpc) is 3.15. The lowest BCUT2D eigenvalue weighted by atomic mass is 9.92. The van der Waals surface area contributed by atoms with Crippen LogP contribution in [0.1, 0.15) is 42.4 Å². The standard InChI is InChI=1S/C24H28N2O/c27-17-21-10-6-12-23-20(16-26-24(21)23)9-4-5-11-22-15-19(13-14-25-22)18-7-2-1-3-8-18/h1-3,6-8,10,12-13,16,22,25-27H,4-5,9,11,14-15,17H2. The number of hydrogen-bond acceptors (Lipinski definition) is 2. The van der Waals surface area contributed by atoms with Gasteiger partial charge in [-0.25, -0.2) is 0 Å². The lowest BCUT2D eigenvalue weighted by Gasteiger charge is -2.24. The van der Waals surface area contributed by atoms with Crippen LogP contribution in [-0.4, -0.2) is 22.7 Å². The zero-order valence-corrected chi connectivity index (χ0v) is 15.7. The second-order valence-electron chi connectivity index (χ2n) is 7.46. The molecule has 0 saturated carbocycles. The number of aromatic nitrogens is 1. The first-order chi connectivity index (χ1) is 13.3. The molecule has 3 N–H and O–H groups in total. The fourth-order valence-corrected chi connectivity index (χ4v) is 4.18. The molecule has 0 bridgehead atoms. The summed E-state index contributed by atoms with van der Waals surface area (Å²) in [6.45, 7) is 1.06. The van der Waals surface area contributed by atoms with Gasteiger partial charge in [0, 0.05) is 29.7 Å². The Hall–Kier alpha value is -2.36. The monoisotopic (exact) mass is 360 g/mol. The van der Waals surface area contributed by atoms with Crippen molar-refractivity contribution in [3.8, 4) is 0 Å². The van der Waals surface area contributed by atoms with E-state index < -0.39 is 0 Å². The molecule has 27 heavy (non-hydrogen) atoms. The highest BCUT2D eigenvalue weighted by atomic mass is 16.3. The molecule has 0 spiro atoms. The highest BCUT2D eigenvalue weighted by Gasteiger charge is 2.15. The van der Waals surface area contributed by atoms with E-state index in [1.165, 1.54) is 41.3 Å². The SMILES string of the molecule is OCc1cccc2c(CCCCC3CC(c4ccccc4)=CCN3)c[nH]c12. The van der Waals surface area contributed by atoms with Crippen molar-refractivity contribution in [2.24, 2.45) is 0 Å². The summed E-state index contributed by atoms with van der Waals surface area (Å²) in [4.78, 5) is 3.34. The van der Waals surface area contributed by atoms with Gasteiger partial charge in [0.15, 0.2) is 0 Å². The average molecular weight is 361 g/mol. The van der Waals surface area contributed by atoms with E-state index in [9.17, 15) is 5.11 Å². The Balaban J connectivity index is 1.29. The third-order valence-electron chi connectivity index (χ3n) is 5.67. The Morgan fingerprint density at radius 1 is 0.963 bits per heavy atom. The third kappa shape index (κ3) is 4.15. The predicted molar refractivity (Wildman–Crippen MR) is 113 cm³/mol. The molecule has 1 unspecified atom stereocenters. The van der Waals surface area contributed by atoms with Crippen LogP contribution in [0.4, 0.5) is 0 Å². The first kappa shape index (κ1) is 18.0. The van der Waals surface area contributed by atoms with Crippen molar-refractivity contribution >= 4 is 16.5 Å². The number of benzene rings is 2. The summed E-state index contributed by atoms with van der Waals surface area (Å²) in [6, 6.07) is 17.5. The van der Waals surface area contributed by atoms with Gasteiger partial charge in [0.1, 0.15) is 0 Å². The largest absolute Gasteiger partial charge is 0.392 e. The van der Waals surface area contributed by atoms with Crippen LogP contribution in [0.15, 0.2) is 60.8 Å². The maximum absolute atomic E-state index is 9.48. The summed E-state index contributed by atoms with van der Waals surface area (Å²) in [6.07, 6.45) is 10.3. The number of rotatable bonds is 7. The first-order valence-corrected chi connectivity index (χ1v) is 10.0. The molecule has 2 aromatic carbocycles. The number of H-pyrrole nitrogens is 1. The highest BCUT2D eigenvalue weighted by molar-refractivity contribution is 5.86. The van der Waals surface area contributed by atoms with E-state index in [2.05, 4.69) is 59.0 Å². The Morgan fingerprint density at radius 2 is 1.85 bits per heavy atom. The van der Waals surface area contributed by atoms with Crippen molar-refractivity contribution in [1.82, 2.24) is 10.3 Å². The van der Waals surface area contributed by atoms with Gasteiger partial charge >= 0.3 is 0 Å². The van der Waals surface area contributed by atoms with Crippen LogP contribution in [0.5, 0.6) is 0 Å². The van der Waals surface area contributed by atoms with Gasteiger partial charge in [0.25, 0.3) is 0 Å². The van der Waals surface area contributed by atoms with Crippen LogP contribution in [-0.2, 0) is 13.0 Å². The van der Waals surface area contributed by atoms with E-state index in [0.29, 0.717) is 6.04 Å². The van der Waals surface area contributed by atoms with Crippen LogP contribution >= 0.6 is 0 Å². The summed E-state index contributed by atoms with van der Waals surface area (Å²) < 4.78 is 0. The van der Waals surface area contributed by atoms with E-state index in [-0.39, 0.29) is 6.61 Å². The van der Waals surface area contributed by atoms with Crippen LogP contribution in [0.3, 0.4) is 0 Å². The van der Waals surface area contributed by atoms with E-state index in [0.717, 1.165) is 30.5 Å². The lowest BCUT2D eigenvalue weighted by Crippen LogP contribution is -2.32. The van der Waals surface area contributed by atoms with Crippen LogP contribution in [0, 0.1) is 0 Å². The van der Waals surface area contributed by atoms with Gasteiger partial charge in [-0.15, -0.1) is 0 Å². The number of fused-ring (bicyclic) bond motifs is 1. The van der Waals surface area contributed by atoms with E-state index in [1.54, 1.807) is 0 Å². The molecular weight excluding hydrogens is 332 g/mol. The molecule has 1 atom stereocenters. The van der Waals surface area contributed by atoms with Gasteiger partial charge in [0.2, 0.25) is 0 Å². The van der Waals surface area contributed by atoms with E-state index >= 15 is 0 Å². The molecule has 140 valence electrons. The second-order valence-corrected chi connectivity index (χ2v) is 7.46. The van der Waals surface area contributed by atoms with Crippen molar-refractivity contribution < 1.29 is 5.11 Å². The summed E-state index contributed by atoms with van der Waals surface area (Å²) >= 11 is 0. The molecule has 0 saturated heterocycles. The third-order valence-corrected chi connectivity index (χ3v) is 5.67. The van der Waals surface area contributed by atoms with Crippen molar-refractivity contribution in [3.05, 3.63) is 77.5 Å². The van der Waals surface area contributed by atoms with Crippen molar-refractivity contribution in [2.45, 2.75) is 44.8 Å². The molecule has 1 aliphatic rings. The molecule has 1 aliphatic heterocycles. The summed E-state index contributed by atoms with van der Waals surface area (Å²) in [7, 11) is 0. The van der Waals surface area contributed by atoms with Crippen LogP contribution in [0.2, 0.25) is 0 Å². The molecule has 3 aromatic rings. The summed E-state index contributed by atoms with van der Waals surface area (Å²) in [5, 5.41) is 14.4. The smallest absolute Gasteiger partial charge is 0.0702 e. The highest BCUT2D eigenvalue weighted by Crippen LogP contribution is 2.26. The van der Waals surface area contributed by atoms with Gasteiger partial charge in [-0.2, -0.15) is 0 Å². The summed E-state index contributed by atoms with van der Waals surface area (Å²) in [5.41, 5.74) is 6.27. The normalized spacial score (nSPS) is 17.2. The Bertz CT molecular complexity index is 911. The number of aryl methyl sites for hydroxylation is 1. The van der Waals surface area contributed by atoms with Gasteiger partial charge in [-0.3, -0.25) is 0 Å². The Kier molecular flexibility index (Phi) is 5.71. The molecule has 3 nitrogen and oxygen atoms in total. The molecule has 2 heterocycles. The number of aliphatic hydroxyl groups excluding tert-OH is 1. The number of unbranched alkanes of at least 4 members (excludes halogenated alkanes) is 1. The molecule has 0 fully saturated rings. The van der Waals surface area contributed by atoms with Gasteiger partial charge in [-0.05, 0) is 42.4 Å². The first-order valence-electron chi connectivity index (χ1n) is 10.0. The lowest BCUT2D eigenvalue weighted by molar-refractivity contribution is 0.283. The molecule has 1 aromatic heterocycles.